The summed E-state index contributed by atoms with van der Waals surface area (Å²) in [5.41, 5.74) is 1.47. The average Bonchev–Trinajstić information content (AvgIpc) is 2.14. The van der Waals surface area contributed by atoms with Crippen molar-refractivity contribution in [1.82, 2.24) is 15.1 Å². The number of amides is 1. The molecule has 16 heavy (non-hydrogen) atoms. The molecule has 3 rings (SSSR count). The van der Waals surface area contributed by atoms with E-state index in [0.717, 1.165) is 44.0 Å². The van der Waals surface area contributed by atoms with Crippen LogP contribution in [0.5, 0.6) is 0 Å². The van der Waals surface area contributed by atoms with Gasteiger partial charge < -0.3 is 9.80 Å². The highest BCUT2D eigenvalue weighted by Crippen LogP contribution is 2.40. The topological polar surface area (TPSA) is 49.3 Å². The first kappa shape index (κ1) is 9.57. The van der Waals surface area contributed by atoms with E-state index in [0.29, 0.717) is 5.41 Å². The van der Waals surface area contributed by atoms with Crippen LogP contribution in [-0.2, 0) is 4.79 Å². The fraction of sp³-hybridized carbons (Fsp3) is 0.545. The lowest BCUT2D eigenvalue weighted by atomic mass is 9.73. The third-order valence-electron chi connectivity index (χ3n) is 3.38. The third-order valence-corrected chi connectivity index (χ3v) is 3.38. The summed E-state index contributed by atoms with van der Waals surface area (Å²) in [7, 11) is 0. The van der Waals surface area contributed by atoms with E-state index in [9.17, 15) is 4.79 Å². The highest BCUT2D eigenvalue weighted by Gasteiger charge is 2.51. The van der Waals surface area contributed by atoms with E-state index in [1.807, 2.05) is 11.8 Å². The monoisotopic (exact) mass is 218 g/mol. The standard InChI is InChI=1S/C11H14N4O/c1-9-2-10(13-12-3-9)15-6-11(7-15)4-14(5-11)8-16/h2-3,8H,4-7H2,1H3. The van der Waals surface area contributed by atoms with E-state index in [2.05, 4.69) is 21.2 Å². The minimum Gasteiger partial charge on any atom is -0.354 e. The zero-order valence-corrected chi connectivity index (χ0v) is 9.26. The summed E-state index contributed by atoms with van der Waals surface area (Å²) in [5.74, 6) is 0.954. The summed E-state index contributed by atoms with van der Waals surface area (Å²) in [6, 6.07) is 2.05. The van der Waals surface area contributed by atoms with Crippen LogP contribution in [0.3, 0.4) is 0 Å². The number of aryl methyl sites for hydroxylation is 1. The Morgan fingerprint density at radius 1 is 1.38 bits per heavy atom. The summed E-state index contributed by atoms with van der Waals surface area (Å²) in [5, 5.41) is 8.07. The Hall–Kier alpha value is -1.65. The smallest absolute Gasteiger partial charge is 0.209 e. The first-order valence-corrected chi connectivity index (χ1v) is 5.44. The van der Waals surface area contributed by atoms with Crippen LogP contribution in [0, 0.1) is 12.3 Å². The summed E-state index contributed by atoms with van der Waals surface area (Å²) in [6.07, 6.45) is 2.69. The predicted molar refractivity (Wildman–Crippen MR) is 59.1 cm³/mol. The van der Waals surface area contributed by atoms with Gasteiger partial charge in [-0.05, 0) is 18.6 Å². The van der Waals surface area contributed by atoms with Crippen LogP contribution in [0.25, 0.3) is 0 Å². The minimum atomic E-state index is 0.340. The van der Waals surface area contributed by atoms with Crippen molar-refractivity contribution >= 4 is 12.2 Å². The molecule has 1 aromatic rings. The fourth-order valence-electron chi connectivity index (χ4n) is 2.62. The van der Waals surface area contributed by atoms with Gasteiger partial charge in [-0.3, -0.25) is 4.79 Å². The summed E-state index contributed by atoms with van der Waals surface area (Å²) < 4.78 is 0. The number of carbonyl (C=O) groups is 1. The molecule has 0 aliphatic carbocycles. The number of carbonyl (C=O) groups excluding carboxylic acids is 1. The largest absolute Gasteiger partial charge is 0.354 e. The maximum Gasteiger partial charge on any atom is 0.209 e. The lowest BCUT2D eigenvalue weighted by molar-refractivity contribution is -0.131. The van der Waals surface area contributed by atoms with E-state index < -0.39 is 0 Å². The SMILES string of the molecule is Cc1cnnc(N2CC3(CN(C=O)C3)C2)c1. The van der Waals surface area contributed by atoms with Gasteiger partial charge >= 0.3 is 0 Å². The molecule has 5 nitrogen and oxygen atoms in total. The van der Waals surface area contributed by atoms with E-state index in [4.69, 9.17) is 0 Å². The number of hydrogen-bond acceptors (Lipinski definition) is 4. The molecule has 2 aliphatic rings. The molecule has 3 heterocycles. The number of rotatable bonds is 2. The number of likely N-dealkylation sites (tertiary alicyclic amines) is 1. The molecule has 2 fully saturated rings. The van der Waals surface area contributed by atoms with Gasteiger partial charge in [0.1, 0.15) is 0 Å². The second-order valence-electron chi connectivity index (χ2n) is 4.96. The lowest BCUT2D eigenvalue weighted by Crippen LogP contribution is -2.72. The maximum atomic E-state index is 10.5. The molecule has 0 atom stereocenters. The van der Waals surface area contributed by atoms with Crippen molar-refractivity contribution in [2.24, 2.45) is 5.41 Å². The van der Waals surface area contributed by atoms with Crippen molar-refractivity contribution in [2.45, 2.75) is 6.92 Å². The predicted octanol–water partition coefficient (Wildman–Crippen LogP) is 0.0634. The van der Waals surface area contributed by atoms with Crippen LogP contribution in [-0.4, -0.2) is 47.7 Å². The molecule has 0 saturated carbocycles. The van der Waals surface area contributed by atoms with Gasteiger partial charge in [0, 0.05) is 31.6 Å². The number of aromatic nitrogens is 2. The van der Waals surface area contributed by atoms with Gasteiger partial charge in [0.05, 0.1) is 6.20 Å². The molecular weight excluding hydrogens is 204 g/mol. The minimum absolute atomic E-state index is 0.340. The molecule has 0 bridgehead atoms. The van der Waals surface area contributed by atoms with E-state index in [1.165, 1.54) is 0 Å². The molecule has 2 aliphatic heterocycles. The van der Waals surface area contributed by atoms with Crippen molar-refractivity contribution in [3.05, 3.63) is 17.8 Å². The Morgan fingerprint density at radius 3 is 2.75 bits per heavy atom. The van der Waals surface area contributed by atoms with Crippen LogP contribution in [0.15, 0.2) is 12.3 Å². The first-order valence-electron chi connectivity index (χ1n) is 5.44. The van der Waals surface area contributed by atoms with E-state index >= 15 is 0 Å². The second kappa shape index (κ2) is 3.17. The number of hydrogen-bond donors (Lipinski definition) is 0. The third kappa shape index (κ3) is 1.35. The lowest BCUT2D eigenvalue weighted by Gasteiger charge is -2.59. The summed E-state index contributed by atoms with van der Waals surface area (Å²) in [4.78, 5) is 14.5. The zero-order chi connectivity index (χ0) is 11.2. The molecule has 2 saturated heterocycles. The van der Waals surface area contributed by atoms with Crippen LogP contribution >= 0.6 is 0 Å². The highest BCUT2D eigenvalue weighted by atomic mass is 16.1. The van der Waals surface area contributed by atoms with Gasteiger partial charge in [-0.15, -0.1) is 5.10 Å². The summed E-state index contributed by atoms with van der Waals surface area (Å²) >= 11 is 0. The molecule has 5 heteroatoms. The Balaban J connectivity index is 1.64. The van der Waals surface area contributed by atoms with Crippen LogP contribution < -0.4 is 4.90 Å². The molecule has 1 aromatic heterocycles. The quantitative estimate of drug-likeness (QED) is 0.659. The molecule has 0 N–H and O–H groups in total. The number of anilines is 1. The Bertz CT molecular complexity index is 420. The van der Waals surface area contributed by atoms with Crippen LogP contribution in [0.4, 0.5) is 5.82 Å². The van der Waals surface area contributed by atoms with Gasteiger partial charge in [0.25, 0.3) is 0 Å². The van der Waals surface area contributed by atoms with Gasteiger partial charge in [-0.2, -0.15) is 5.10 Å². The normalized spacial score (nSPS) is 21.6. The Labute approximate surface area is 94.1 Å². The highest BCUT2D eigenvalue weighted by molar-refractivity contribution is 5.52. The van der Waals surface area contributed by atoms with Gasteiger partial charge in [0.15, 0.2) is 5.82 Å². The second-order valence-corrected chi connectivity index (χ2v) is 4.96. The van der Waals surface area contributed by atoms with Gasteiger partial charge in [-0.25, -0.2) is 0 Å². The van der Waals surface area contributed by atoms with E-state index in [-0.39, 0.29) is 0 Å². The molecule has 1 amide bonds. The van der Waals surface area contributed by atoms with Crippen molar-refractivity contribution in [1.29, 1.82) is 0 Å². The van der Waals surface area contributed by atoms with Crippen LogP contribution in [0.2, 0.25) is 0 Å². The van der Waals surface area contributed by atoms with Gasteiger partial charge in [-0.1, -0.05) is 0 Å². The van der Waals surface area contributed by atoms with Crippen LogP contribution in [0.1, 0.15) is 5.56 Å². The zero-order valence-electron chi connectivity index (χ0n) is 9.26. The van der Waals surface area contributed by atoms with Crippen molar-refractivity contribution in [3.63, 3.8) is 0 Å². The fourth-order valence-corrected chi connectivity index (χ4v) is 2.62. The average molecular weight is 218 g/mol. The first-order chi connectivity index (χ1) is 7.71. The van der Waals surface area contributed by atoms with Crippen molar-refractivity contribution in [3.8, 4) is 0 Å². The Kier molecular flexibility index (Phi) is 1.89. The number of nitrogens with zero attached hydrogens (tertiary/aromatic N) is 4. The molecule has 1 spiro atoms. The maximum absolute atomic E-state index is 10.5. The molecule has 84 valence electrons. The molecular formula is C11H14N4O. The molecule has 0 unspecified atom stereocenters. The van der Waals surface area contributed by atoms with E-state index in [1.54, 1.807) is 6.20 Å². The van der Waals surface area contributed by atoms with Gasteiger partial charge in [0.2, 0.25) is 6.41 Å². The molecule has 0 aromatic carbocycles. The van der Waals surface area contributed by atoms with Crippen molar-refractivity contribution in [2.75, 3.05) is 31.1 Å². The Morgan fingerprint density at radius 2 is 2.12 bits per heavy atom. The summed E-state index contributed by atoms with van der Waals surface area (Å²) in [6.45, 7) is 5.80. The van der Waals surface area contributed by atoms with Crippen molar-refractivity contribution < 1.29 is 4.79 Å². The molecule has 0 radical (unpaired) electrons.